The number of pyridine rings is 1. The number of thioether (sulfide) groups is 1. The number of ether oxygens (including phenoxy) is 2. The fourth-order valence-corrected chi connectivity index (χ4v) is 3.76. The van der Waals surface area contributed by atoms with Crippen LogP contribution in [0.2, 0.25) is 0 Å². The molecule has 0 atom stereocenters. The van der Waals surface area contributed by atoms with E-state index in [1.54, 1.807) is 49.8 Å². The molecule has 0 aliphatic carbocycles. The fourth-order valence-electron chi connectivity index (χ4n) is 2.89. The Morgan fingerprint density at radius 3 is 2.33 bits per heavy atom. The molecule has 2 heterocycles. The van der Waals surface area contributed by atoms with Gasteiger partial charge in [0.05, 0.1) is 31.2 Å². The number of imide groups is 1. The van der Waals surface area contributed by atoms with Gasteiger partial charge in [0.25, 0.3) is 11.8 Å². The van der Waals surface area contributed by atoms with Crippen LogP contribution in [0.15, 0.2) is 47.6 Å². The maximum Gasteiger partial charge on any atom is 0.268 e. The van der Waals surface area contributed by atoms with Crippen LogP contribution in [0.4, 0.5) is 0 Å². The van der Waals surface area contributed by atoms with E-state index in [0.29, 0.717) is 33.3 Å². The first-order valence-electron chi connectivity index (χ1n) is 8.45. The molecule has 1 aromatic heterocycles. The number of aromatic nitrogens is 1. The second kappa shape index (κ2) is 8.26. The Hall–Kier alpha value is -2.80. The van der Waals surface area contributed by atoms with E-state index in [4.69, 9.17) is 9.47 Å². The van der Waals surface area contributed by atoms with Crippen LogP contribution in [-0.4, -0.2) is 41.7 Å². The molecule has 3 rings (SSSR count). The van der Waals surface area contributed by atoms with Crippen LogP contribution in [0.5, 0.6) is 11.5 Å². The first-order valence-corrected chi connectivity index (χ1v) is 9.43. The molecule has 7 heteroatoms. The zero-order valence-electron chi connectivity index (χ0n) is 15.4. The van der Waals surface area contributed by atoms with E-state index in [2.05, 4.69) is 4.98 Å². The lowest BCUT2D eigenvalue weighted by molar-refractivity contribution is -0.137. The average molecular weight is 384 g/mol. The molecular weight excluding hydrogens is 364 g/mol. The minimum Gasteiger partial charge on any atom is -0.493 e. The van der Waals surface area contributed by atoms with E-state index in [1.807, 2.05) is 6.92 Å². The summed E-state index contributed by atoms with van der Waals surface area (Å²) in [6.07, 6.45) is 3.29. The van der Waals surface area contributed by atoms with E-state index in [9.17, 15) is 9.59 Å². The van der Waals surface area contributed by atoms with Crippen LogP contribution in [-0.2, 0) is 16.1 Å². The third-order valence-electron chi connectivity index (χ3n) is 4.18. The summed E-state index contributed by atoms with van der Waals surface area (Å²) in [6.45, 7) is 2.16. The van der Waals surface area contributed by atoms with Gasteiger partial charge in [0.15, 0.2) is 11.5 Å². The molecule has 0 spiro atoms. The Labute approximate surface area is 162 Å². The van der Waals surface area contributed by atoms with Gasteiger partial charge in [-0.05, 0) is 41.1 Å². The summed E-state index contributed by atoms with van der Waals surface area (Å²) in [7, 11) is 3.09. The molecule has 0 N–H and O–H groups in total. The van der Waals surface area contributed by atoms with Crippen molar-refractivity contribution in [2.24, 2.45) is 0 Å². The summed E-state index contributed by atoms with van der Waals surface area (Å²) in [5, 5.41) is 0. The molecule has 0 fully saturated rings. The number of rotatable bonds is 7. The minimum absolute atomic E-state index is 0.213. The molecule has 0 bridgehead atoms. The van der Waals surface area contributed by atoms with Crippen molar-refractivity contribution in [2.45, 2.75) is 13.5 Å². The SMILES string of the molecule is CCSC1=C(c2ccc(OC)c(OC)c2)C(=O)N(Cc2ccncc2)C1=O. The van der Waals surface area contributed by atoms with Crippen molar-refractivity contribution in [1.82, 2.24) is 9.88 Å². The van der Waals surface area contributed by atoms with Crippen LogP contribution in [0, 0.1) is 0 Å². The molecular formula is C20H20N2O4S. The Kier molecular flexibility index (Phi) is 5.81. The van der Waals surface area contributed by atoms with Gasteiger partial charge < -0.3 is 9.47 Å². The lowest BCUT2D eigenvalue weighted by Crippen LogP contribution is -2.30. The van der Waals surface area contributed by atoms with Crippen molar-refractivity contribution < 1.29 is 19.1 Å². The molecule has 0 saturated heterocycles. The molecule has 27 heavy (non-hydrogen) atoms. The lowest BCUT2D eigenvalue weighted by atomic mass is 10.1. The highest BCUT2D eigenvalue weighted by atomic mass is 32.2. The molecule has 140 valence electrons. The van der Waals surface area contributed by atoms with Crippen molar-refractivity contribution in [3.05, 3.63) is 58.8 Å². The van der Waals surface area contributed by atoms with Gasteiger partial charge in [-0.3, -0.25) is 19.5 Å². The van der Waals surface area contributed by atoms with Crippen molar-refractivity contribution in [2.75, 3.05) is 20.0 Å². The Balaban J connectivity index is 2.01. The van der Waals surface area contributed by atoms with Crippen molar-refractivity contribution in [3.8, 4) is 11.5 Å². The number of carbonyl (C=O) groups is 2. The lowest BCUT2D eigenvalue weighted by Gasteiger charge is -2.15. The average Bonchev–Trinajstić information content (AvgIpc) is 2.93. The smallest absolute Gasteiger partial charge is 0.268 e. The van der Waals surface area contributed by atoms with Gasteiger partial charge >= 0.3 is 0 Å². The molecule has 1 aliphatic heterocycles. The Bertz CT molecular complexity index is 896. The van der Waals surface area contributed by atoms with E-state index in [-0.39, 0.29) is 18.4 Å². The van der Waals surface area contributed by atoms with Crippen LogP contribution in [0.25, 0.3) is 5.57 Å². The van der Waals surface area contributed by atoms with Gasteiger partial charge in [0.2, 0.25) is 0 Å². The van der Waals surface area contributed by atoms with Gasteiger partial charge in [0.1, 0.15) is 0 Å². The van der Waals surface area contributed by atoms with Crippen LogP contribution in [0.1, 0.15) is 18.1 Å². The first kappa shape index (κ1) is 19.0. The highest BCUT2D eigenvalue weighted by Gasteiger charge is 2.39. The molecule has 1 aliphatic rings. The maximum atomic E-state index is 13.1. The molecule has 2 aromatic rings. The quantitative estimate of drug-likeness (QED) is 0.683. The van der Waals surface area contributed by atoms with Gasteiger partial charge in [-0.25, -0.2) is 0 Å². The van der Waals surface area contributed by atoms with Crippen molar-refractivity contribution in [3.63, 3.8) is 0 Å². The number of amides is 2. The van der Waals surface area contributed by atoms with Gasteiger partial charge in [-0.15, -0.1) is 11.8 Å². The van der Waals surface area contributed by atoms with Crippen molar-refractivity contribution >= 4 is 29.1 Å². The molecule has 0 unspecified atom stereocenters. The summed E-state index contributed by atoms with van der Waals surface area (Å²) in [5.74, 6) is 1.19. The fraction of sp³-hybridized carbons (Fsp3) is 0.250. The number of nitrogens with zero attached hydrogens (tertiary/aromatic N) is 2. The second-order valence-corrected chi connectivity index (χ2v) is 7.03. The number of hydrogen-bond donors (Lipinski definition) is 0. The highest BCUT2D eigenvalue weighted by Crippen LogP contribution is 2.39. The topological polar surface area (TPSA) is 68.7 Å². The Morgan fingerprint density at radius 2 is 1.70 bits per heavy atom. The van der Waals surface area contributed by atoms with Crippen LogP contribution >= 0.6 is 11.8 Å². The van der Waals surface area contributed by atoms with Gasteiger partial charge in [0, 0.05) is 12.4 Å². The Morgan fingerprint density at radius 1 is 1.00 bits per heavy atom. The summed E-state index contributed by atoms with van der Waals surface area (Å²) in [5.41, 5.74) is 1.89. The van der Waals surface area contributed by atoms with E-state index >= 15 is 0 Å². The zero-order chi connectivity index (χ0) is 19.4. The predicted octanol–water partition coefficient (Wildman–Crippen LogP) is 3.13. The van der Waals surface area contributed by atoms with Gasteiger partial charge in [-0.1, -0.05) is 13.0 Å². The summed E-state index contributed by atoms with van der Waals surface area (Å²) >= 11 is 1.37. The predicted molar refractivity (Wildman–Crippen MR) is 104 cm³/mol. The largest absolute Gasteiger partial charge is 0.493 e. The van der Waals surface area contributed by atoms with Crippen LogP contribution < -0.4 is 9.47 Å². The number of methoxy groups -OCH3 is 2. The molecule has 6 nitrogen and oxygen atoms in total. The molecule has 2 amide bonds. The first-order chi connectivity index (χ1) is 13.1. The second-order valence-electron chi connectivity index (χ2n) is 5.76. The summed E-state index contributed by atoms with van der Waals surface area (Å²) in [4.78, 5) is 31.7. The van der Waals surface area contributed by atoms with Crippen molar-refractivity contribution in [1.29, 1.82) is 0 Å². The highest BCUT2D eigenvalue weighted by molar-refractivity contribution is 8.04. The third-order valence-corrected chi connectivity index (χ3v) is 5.13. The maximum absolute atomic E-state index is 13.1. The van der Waals surface area contributed by atoms with E-state index in [0.717, 1.165) is 5.56 Å². The number of benzene rings is 1. The van der Waals surface area contributed by atoms with Gasteiger partial charge in [-0.2, -0.15) is 0 Å². The molecule has 0 saturated carbocycles. The summed E-state index contributed by atoms with van der Waals surface area (Å²) in [6, 6.07) is 8.82. The normalized spacial score (nSPS) is 14.1. The molecule has 0 radical (unpaired) electrons. The standard InChI is InChI=1S/C20H20N2O4S/c1-4-27-18-17(14-5-6-15(25-2)16(11-14)26-3)19(23)22(20(18)24)12-13-7-9-21-10-8-13/h5-11H,4,12H2,1-3H3. The monoisotopic (exact) mass is 384 g/mol. The van der Waals surface area contributed by atoms with E-state index < -0.39 is 0 Å². The third kappa shape index (κ3) is 3.68. The number of carbonyl (C=O) groups excluding carboxylic acids is 2. The summed E-state index contributed by atoms with van der Waals surface area (Å²) < 4.78 is 10.6. The van der Waals surface area contributed by atoms with Crippen LogP contribution in [0.3, 0.4) is 0 Å². The zero-order valence-corrected chi connectivity index (χ0v) is 16.2. The number of hydrogen-bond acceptors (Lipinski definition) is 6. The molecule has 1 aromatic carbocycles. The van der Waals surface area contributed by atoms with E-state index in [1.165, 1.54) is 23.8 Å². The minimum atomic E-state index is -0.306.